The second-order valence-electron chi connectivity index (χ2n) is 4.15. The van der Waals surface area contributed by atoms with E-state index in [0.29, 0.717) is 18.1 Å². The van der Waals surface area contributed by atoms with Gasteiger partial charge < -0.3 is 10.5 Å². The van der Waals surface area contributed by atoms with E-state index in [1.165, 1.54) is 30.3 Å². The molecule has 8 heteroatoms. The quantitative estimate of drug-likeness (QED) is 0.821. The summed E-state index contributed by atoms with van der Waals surface area (Å²) < 4.78 is 31.4. The Balaban J connectivity index is 2.40. The highest BCUT2D eigenvalue weighted by atomic mass is 32.2. The van der Waals surface area contributed by atoms with Gasteiger partial charge in [0, 0.05) is 12.6 Å². The zero-order valence-electron chi connectivity index (χ0n) is 11.3. The normalized spacial score (nSPS) is 11.5. The molecule has 0 aliphatic carbocycles. The smallest absolute Gasteiger partial charge is 0.187 e. The maximum Gasteiger partial charge on any atom is 0.187 e. The summed E-state index contributed by atoms with van der Waals surface area (Å²) in [6.07, 6.45) is 1.34. The number of ether oxygens (including phenoxy) is 1. The van der Waals surface area contributed by atoms with Crippen LogP contribution in [0, 0.1) is 0 Å². The Bertz CT molecular complexity index is 709. The lowest BCUT2D eigenvalue weighted by Crippen LogP contribution is -2.13. The molecule has 0 aliphatic heterocycles. The Morgan fingerprint density at radius 1 is 1.40 bits per heavy atom. The summed E-state index contributed by atoms with van der Waals surface area (Å²) >= 11 is 0. The van der Waals surface area contributed by atoms with Crippen LogP contribution in [0.15, 0.2) is 29.4 Å². The van der Waals surface area contributed by atoms with Crippen LogP contribution in [0.5, 0.6) is 5.75 Å². The second-order valence-corrected chi connectivity index (χ2v) is 6.11. The van der Waals surface area contributed by atoms with Gasteiger partial charge in [0.1, 0.15) is 23.7 Å². The minimum absolute atomic E-state index is 0.0440. The van der Waals surface area contributed by atoms with Gasteiger partial charge in [0.15, 0.2) is 9.84 Å². The number of aryl methyl sites for hydroxylation is 1. The molecule has 2 N–H and O–H groups in total. The van der Waals surface area contributed by atoms with Gasteiger partial charge in [-0.2, -0.15) is 5.10 Å². The van der Waals surface area contributed by atoms with E-state index in [-0.39, 0.29) is 16.3 Å². The van der Waals surface area contributed by atoms with Gasteiger partial charge in [-0.25, -0.2) is 18.1 Å². The zero-order valence-corrected chi connectivity index (χ0v) is 12.1. The van der Waals surface area contributed by atoms with Crippen molar-refractivity contribution < 1.29 is 13.2 Å². The average molecular weight is 296 g/mol. The van der Waals surface area contributed by atoms with Crippen molar-refractivity contribution in [3.63, 3.8) is 0 Å². The summed E-state index contributed by atoms with van der Waals surface area (Å²) in [5, 5.41) is 3.95. The number of hydrogen-bond acceptors (Lipinski definition) is 6. The lowest BCUT2D eigenvalue weighted by molar-refractivity contribution is 0.413. The number of nitrogens with zero attached hydrogens (tertiary/aromatic N) is 3. The largest absolute Gasteiger partial charge is 0.497 e. The number of hydrogen-bond donors (Lipinski definition) is 1. The van der Waals surface area contributed by atoms with Crippen LogP contribution < -0.4 is 10.5 Å². The van der Waals surface area contributed by atoms with E-state index in [0.717, 1.165) is 0 Å². The van der Waals surface area contributed by atoms with Crippen molar-refractivity contribution in [1.82, 2.24) is 14.8 Å². The van der Waals surface area contributed by atoms with E-state index in [2.05, 4.69) is 10.1 Å². The highest BCUT2D eigenvalue weighted by Crippen LogP contribution is 2.26. The molecule has 1 aromatic heterocycles. The third kappa shape index (κ3) is 2.74. The summed E-state index contributed by atoms with van der Waals surface area (Å²) in [4.78, 5) is 4.01. The molecule has 108 valence electrons. The molecule has 20 heavy (non-hydrogen) atoms. The molecule has 0 atom stereocenters. The summed E-state index contributed by atoms with van der Waals surface area (Å²) in [6, 6.07) is 4.54. The summed E-state index contributed by atoms with van der Waals surface area (Å²) in [5.74, 6) is 0.572. The molecule has 0 aliphatic rings. The summed E-state index contributed by atoms with van der Waals surface area (Å²) in [5.41, 5.74) is 5.94. The average Bonchev–Trinajstić information content (AvgIpc) is 2.85. The van der Waals surface area contributed by atoms with Crippen molar-refractivity contribution in [3.8, 4) is 5.75 Å². The van der Waals surface area contributed by atoms with E-state index in [4.69, 9.17) is 10.5 Å². The zero-order chi connectivity index (χ0) is 14.8. The van der Waals surface area contributed by atoms with Crippen LogP contribution in [0.1, 0.15) is 12.7 Å². The molecule has 2 rings (SSSR count). The maximum absolute atomic E-state index is 12.4. The fourth-order valence-electron chi connectivity index (χ4n) is 1.82. The number of aromatic nitrogens is 3. The lowest BCUT2D eigenvalue weighted by Gasteiger charge is -2.09. The first-order valence-corrected chi connectivity index (χ1v) is 7.66. The van der Waals surface area contributed by atoms with Gasteiger partial charge in [0.05, 0.1) is 17.7 Å². The second kappa shape index (κ2) is 5.49. The SMILES string of the molecule is CCn1ncnc1CS(=O)(=O)c1cc(OC)ccc1N. The highest BCUT2D eigenvalue weighted by Gasteiger charge is 2.22. The number of methoxy groups -OCH3 is 1. The van der Waals surface area contributed by atoms with Crippen molar-refractivity contribution in [3.05, 3.63) is 30.4 Å². The molecule has 0 saturated carbocycles. The Labute approximate surface area is 117 Å². The number of rotatable bonds is 5. The van der Waals surface area contributed by atoms with E-state index in [1.807, 2.05) is 6.92 Å². The standard InChI is InChI=1S/C12H16N4O3S/c1-3-16-12(14-8-15-16)7-20(17,18)11-6-9(19-2)4-5-10(11)13/h4-6,8H,3,7,13H2,1-2H3. The van der Waals surface area contributed by atoms with E-state index in [9.17, 15) is 8.42 Å². The van der Waals surface area contributed by atoms with Crippen molar-refractivity contribution >= 4 is 15.5 Å². The molecule has 0 unspecified atom stereocenters. The van der Waals surface area contributed by atoms with E-state index >= 15 is 0 Å². The molecule has 1 heterocycles. The van der Waals surface area contributed by atoms with Gasteiger partial charge in [-0.1, -0.05) is 0 Å². The minimum atomic E-state index is -3.61. The minimum Gasteiger partial charge on any atom is -0.497 e. The molecule has 0 amide bonds. The van der Waals surface area contributed by atoms with Crippen molar-refractivity contribution in [2.24, 2.45) is 0 Å². The molecular weight excluding hydrogens is 280 g/mol. The van der Waals surface area contributed by atoms with Gasteiger partial charge in [-0.05, 0) is 19.1 Å². The van der Waals surface area contributed by atoms with Crippen LogP contribution in [-0.2, 0) is 22.1 Å². The molecular formula is C12H16N4O3S. The molecule has 1 aromatic carbocycles. The monoisotopic (exact) mass is 296 g/mol. The van der Waals surface area contributed by atoms with Crippen molar-refractivity contribution in [2.75, 3.05) is 12.8 Å². The Hall–Kier alpha value is -2.09. The fourth-order valence-corrected chi connectivity index (χ4v) is 3.26. The fraction of sp³-hybridized carbons (Fsp3) is 0.333. The highest BCUT2D eigenvalue weighted by molar-refractivity contribution is 7.90. The molecule has 0 radical (unpaired) electrons. The van der Waals surface area contributed by atoms with Crippen LogP contribution in [0.3, 0.4) is 0 Å². The molecule has 2 aromatic rings. The Morgan fingerprint density at radius 3 is 2.80 bits per heavy atom. The number of anilines is 1. The summed E-state index contributed by atoms with van der Waals surface area (Å²) in [7, 11) is -2.14. The lowest BCUT2D eigenvalue weighted by atomic mass is 10.3. The van der Waals surface area contributed by atoms with Gasteiger partial charge in [-0.15, -0.1) is 0 Å². The Morgan fingerprint density at radius 2 is 2.15 bits per heavy atom. The number of benzene rings is 1. The number of nitrogen functional groups attached to an aromatic ring is 1. The first-order valence-electron chi connectivity index (χ1n) is 6.01. The molecule has 0 fully saturated rings. The van der Waals surface area contributed by atoms with E-state index in [1.54, 1.807) is 6.07 Å². The predicted octanol–water partition coefficient (Wildman–Crippen LogP) is 0.863. The van der Waals surface area contributed by atoms with Gasteiger partial charge in [0.25, 0.3) is 0 Å². The maximum atomic E-state index is 12.4. The number of nitrogens with two attached hydrogens (primary N) is 1. The molecule has 7 nitrogen and oxygen atoms in total. The first kappa shape index (κ1) is 14.3. The van der Waals surface area contributed by atoms with Crippen LogP contribution in [0.4, 0.5) is 5.69 Å². The van der Waals surface area contributed by atoms with Crippen LogP contribution >= 0.6 is 0 Å². The Kier molecular flexibility index (Phi) is 3.93. The van der Waals surface area contributed by atoms with Gasteiger partial charge in [-0.3, -0.25) is 0 Å². The molecule has 0 spiro atoms. The van der Waals surface area contributed by atoms with Crippen molar-refractivity contribution in [1.29, 1.82) is 0 Å². The number of sulfone groups is 1. The third-order valence-electron chi connectivity index (χ3n) is 2.87. The molecule has 0 bridgehead atoms. The van der Waals surface area contributed by atoms with Crippen molar-refractivity contribution in [2.45, 2.75) is 24.1 Å². The molecule has 0 saturated heterocycles. The summed E-state index contributed by atoms with van der Waals surface area (Å²) in [6.45, 7) is 2.42. The van der Waals surface area contributed by atoms with Crippen LogP contribution in [0.2, 0.25) is 0 Å². The van der Waals surface area contributed by atoms with Crippen LogP contribution in [0.25, 0.3) is 0 Å². The topological polar surface area (TPSA) is 100 Å². The third-order valence-corrected chi connectivity index (χ3v) is 4.53. The van der Waals surface area contributed by atoms with E-state index < -0.39 is 9.84 Å². The van der Waals surface area contributed by atoms with Gasteiger partial charge >= 0.3 is 0 Å². The predicted molar refractivity (Wildman–Crippen MR) is 74.0 cm³/mol. The first-order chi connectivity index (χ1) is 9.47. The van der Waals surface area contributed by atoms with Crippen LogP contribution in [-0.4, -0.2) is 30.3 Å². The van der Waals surface area contributed by atoms with Gasteiger partial charge in [0.2, 0.25) is 0 Å².